The number of hydrogen-bond donors (Lipinski definition) is 0. The summed E-state index contributed by atoms with van der Waals surface area (Å²) in [6, 6.07) is 12.7. The van der Waals surface area contributed by atoms with E-state index >= 15 is 0 Å². The maximum Gasteiger partial charge on any atom is 0.254 e. The molecule has 0 aromatic heterocycles. The molecule has 0 unspecified atom stereocenters. The Kier molecular flexibility index (Phi) is 5.42. The van der Waals surface area contributed by atoms with Crippen molar-refractivity contribution in [1.82, 2.24) is 9.80 Å². The van der Waals surface area contributed by atoms with Crippen LogP contribution in [0.15, 0.2) is 36.4 Å². The monoisotopic (exact) mass is 312 g/mol. The summed E-state index contributed by atoms with van der Waals surface area (Å²) in [7, 11) is 4.11. The molecule has 0 heterocycles. The van der Waals surface area contributed by atoms with Gasteiger partial charge < -0.3 is 9.80 Å². The minimum absolute atomic E-state index is 0.117. The highest BCUT2D eigenvalue weighted by atomic mass is 16.2. The first kappa shape index (κ1) is 17.5. The number of fused-ring (bicyclic) bond motifs is 1. The van der Waals surface area contributed by atoms with E-state index in [0.29, 0.717) is 0 Å². The Bertz CT molecular complexity index is 676. The highest BCUT2D eigenvalue weighted by molar-refractivity contribution is 6.08. The molecule has 3 heteroatoms. The molecule has 0 N–H and O–H groups in total. The summed E-state index contributed by atoms with van der Waals surface area (Å²) in [5.41, 5.74) is 2.01. The Morgan fingerprint density at radius 1 is 0.957 bits per heavy atom. The van der Waals surface area contributed by atoms with Gasteiger partial charge in [0.2, 0.25) is 0 Å². The molecule has 0 saturated carbocycles. The average molecular weight is 312 g/mol. The molecule has 0 atom stereocenters. The average Bonchev–Trinajstić information content (AvgIpc) is 2.45. The van der Waals surface area contributed by atoms with Gasteiger partial charge in [0.15, 0.2) is 0 Å². The summed E-state index contributed by atoms with van der Waals surface area (Å²) < 4.78 is 0. The molecule has 0 aliphatic rings. The van der Waals surface area contributed by atoms with Crippen molar-refractivity contribution in [3.63, 3.8) is 0 Å². The molecule has 1 amide bonds. The van der Waals surface area contributed by atoms with Gasteiger partial charge in [-0.05, 0) is 64.2 Å². The second-order valence-electron chi connectivity index (χ2n) is 6.96. The molecule has 0 aliphatic carbocycles. The Morgan fingerprint density at radius 3 is 2.04 bits per heavy atom. The summed E-state index contributed by atoms with van der Waals surface area (Å²) in [6.07, 6.45) is 0. The van der Waals surface area contributed by atoms with Crippen molar-refractivity contribution in [2.24, 2.45) is 0 Å². The van der Waals surface area contributed by atoms with Crippen molar-refractivity contribution in [3.8, 4) is 0 Å². The van der Waals surface area contributed by atoms with Gasteiger partial charge in [0.1, 0.15) is 0 Å². The SMILES string of the molecule is CC(C)N(C(=O)c1cccc2cccc(CN(C)C)c12)C(C)C. The van der Waals surface area contributed by atoms with Gasteiger partial charge in [0.25, 0.3) is 5.91 Å². The van der Waals surface area contributed by atoms with Crippen LogP contribution in [0.2, 0.25) is 0 Å². The zero-order chi connectivity index (χ0) is 17.1. The maximum absolute atomic E-state index is 13.2. The summed E-state index contributed by atoms with van der Waals surface area (Å²) in [6.45, 7) is 9.12. The van der Waals surface area contributed by atoms with Crippen LogP contribution in [0.25, 0.3) is 10.8 Å². The fourth-order valence-electron chi connectivity index (χ4n) is 3.27. The molecule has 0 aliphatic heterocycles. The third-order valence-corrected chi connectivity index (χ3v) is 4.06. The predicted molar refractivity (Wildman–Crippen MR) is 97.8 cm³/mol. The smallest absolute Gasteiger partial charge is 0.254 e. The summed E-state index contributed by atoms with van der Waals surface area (Å²) >= 11 is 0. The van der Waals surface area contributed by atoms with Crippen LogP contribution in [0.4, 0.5) is 0 Å². The van der Waals surface area contributed by atoms with Gasteiger partial charge in [-0.1, -0.05) is 30.3 Å². The summed E-state index contributed by atoms with van der Waals surface area (Å²) in [4.78, 5) is 17.3. The third kappa shape index (κ3) is 3.73. The van der Waals surface area contributed by atoms with Crippen LogP contribution in [0.3, 0.4) is 0 Å². The molecular weight excluding hydrogens is 284 g/mol. The quantitative estimate of drug-likeness (QED) is 0.827. The van der Waals surface area contributed by atoms with E-state index in [0.717, 1.165) is 22.9 Å². The summed E-state index contributed by atoms with van der Waals surface area (Å²) in [5, 5.41) is 2.21. The number of rotatable bonds is 5. The molecule has 0 radical (unpaired) electrons. The van der Waals surface area contributed by atoms with Crippen molar-refractivity contribution in [3.05, 3.63) is 47.5 Å². The van der Waals surface area contributed by atoms with Crippen molar-refractivity contribution >= 4 is 16.7 Å². The van der Waals surface area contributed by atoms with Gasteiger partial charge in [-0.15, -0.1) is 0 Å². The molecule has 0 bridgehead atoms. The predicted octanol–water partition coefficient (Wildman–Crippen LogP) is 4.16. The molecule has 0 fully saturated rings. The van der Waals surface area contributed by atoms with Crippen LogP contribution in [-0.2, 0) is 6.54 Å². The first-order valence-electron chi connectivity index (χ1n) is 8.31. The number of nitrogens with zero attached hydrogens (tertiary/aromatic N) is 2. The molecule has 2 aromatic rings. The molecule has 2 rings (SSSR count). The van der Waals surface area contributed by atoms with Crippen molar-refractivity contribution in [2.45, 2.75) is 46.3 Å². The molecule has 124 valence electrons. The zero-order valence-corrected chi connectivity index (χ0v) is 15.1. The number of carbonyl (C=O) groups excluding carboxylic acids is 1. The minimum Gasteiger partial charge on any atom is -0.334 e. The standard InChI is InChI=1S/C20H28N2O/c1-14(2)22(15(3)4)20(23)18-12-8-10-16-9-7-11-17(19(16)18)13-21(5)6/h7-12,14-15H,13H2,1-6H3. The van der Waals surface area contributed by atoms with E-state index < -0.39 is 0 Å². The van der Waals surface area contributed by atoms with E-state index in [1.165, 1.54) is 5.56 Å². The van der Waals surface area contributed by atoms with Gasteiger partial charge in [-0.25, -0.2) is 0 Å². The van der Waals surface area contributed by atoms with Crippen molar-refractivity contribution < 1.29 is 4.79 Å². The zero-order valence-electron chi connectivity index (χ0n) is 15.1. The van der Waals surface area contributed by atoms with Gasteiger partial charge in [-0.2, -0.15) is 0 Å². The van der Waals surface area contributed by atoms with Gasteiger partial charge in [-0.3, -0.25) is 4.79 Å². The van der Waals surface area contributed by atoms with E-state index in [1.54, 1.807) is 0 Å². The number of hydrogen-bond acceptors (Lipinski definition) is 2. The molecule has 2 aromatic carbocycles. The first-order valence-corrected chi connectivity index (χ1v) is 8.31. The molecule has 0 spiro atoms. The lowest BCUT2D eigenvalue weighted by Crippen LogP contribution is -2.42. The van der Waals surface area contributed by atoms with E-state index in [-0.39, 0.29) is 18.0 Å². The lowest BCUT2D eigenvalue weighted by Gasteiger charge is -2.31. The van der Waals surface area contributed by atoms with Crippen LogP contribution < -0.4 is 0 Å². The van der Waals surface area contributed by atoms with Gasteiger partial charge in [0, 0.05) is 24.2 Å². The highest BCUT2D eigenvalue weighted by Crippen LogP contribution is 2.26. The first-order chi connectivity index (χ1) is 10.8. The molecular formula is C20H28N2O. The Morgan fingerprint density at radius 2 is 1.52 bits per heavy atom. The maximum atomic E-state index is 13.2. The fourth-order valence-corrected chi connectivity index (χ4v) is 3.27. The van der Waals surface area contributed by atoms with Crippen LogP contribution in [0, 0.1) is 0 Å². The Hall–Kier alpha value is -1.87. The van der Waals surface area contributed by atoms with Crippen LogP contribution in [-0.4, -0.2) is 41.9 Å². The van der Waals surface area contributed by atoms with E-state index in [4.69, 9.17) is 0 Å². The molecule has 3 nitrogen and oxygen atoms in total. The fraction of sp³-hybridized carbons (Fsp3) is 0.450. The van der Waals surface area contributed by atoms with E-state index in [2.05, 4.69) is 71.0 Å². The minimum atomic E-state index is 0.117. The molecule has 23 heavy (non-hydrogen) atoms. The van der Waals surface area contributed by atoms with Crippen molar-refractivity contribution in [1.29, 1.82) is 0 Å². The van der Waals surface area contributed by atoms with Crippen LogP contribution in [0.5, 0.6) is 0 Å². The van der Waals surface area contributed by atoms with E-state index in [9.17, 15) is 4.79 Å². The number of amides is 1. The second kappa shape index (κ2) is 7.14. The van der Waals surface area contributed by atoms with E-state index in [1.807, 2.05) is 17.0 Å². The highest BCUT2D eigenvalue weighted by Gasteiger charge is 2.23. The Balaban J connectivity index is 2.62. The van der Waals surface area contributed by atoms with Crippen LogP contribution in [0.1, 0.15) is 43.6 Å². The number of carbonyl (C=O) groups is 1. The Labute approximate surface area is 139 Å². The normalized spacial score (nSPS) is 11.7. The summed E-state index contributed by atoms with van der Waals surface area (Å²) in [5.74, 6) is 0.117. The third-order valence-electron chi connectivity index (χ3n) is 4.06. The van der Waals surface area contributed by atoms with Gasteiger partial charge >= 0.3 is 0 Å². The lowest BCUT2D eigenvalue weighted by molar-refractivity contribution is 0.0645. The largest absolute Gasteiger partial charge is 0.334 e. The topological polar surface area (TPSA) is 23.6 Å². The number of benzene rings is 2. The van der Waals surface area contributed by atoms with Gasteiger partial charge in [0.05, 0.1) is 0 Å². The second-order valence-corrected chi connectivity index (χ2v) is 6.96. The molecule has 0 saturated heterocycles. The lowest BCUT2D eigenvalue weighted by atomic mass is 9.97. The van der Waals surface area contributed by atoms with Crippen molar-refractivity contribution in [2.75, 3.05) is 14.1 Å². The van der Waals surface area contributed by atoms with Crippen LogP contribution >= 0.6 is 0 Å².